The lowest BCUT2D eigenvalue weighted by Crippen LogP contribution is -2.10. The van der Waals surface area contributed by atoms with Crippen LogP contribution in [0.4, 0.5) is 0 Å². The molecule has 0 amide bonds. The van der Waals surface area contributed by atoms with Crippen LogP contribution in [0.3, 0.4) is 0 Å². The molecule has 6 heteroatoms. The maximum Gasteiger partial charge on any atom is 0.238 e. The Balaban J connectivity index is 0.000000185. The third-order valence-corrected chi connectivity index (χ3v) is 13.4. The van der Waals surface area contributed by atoms with Gasteiger partial charge in [-0.25, -0.2) is 15.0 Å². The number of aryl methyl sites for hydroxylation is 4. The monoisotopic (exact) mass is 931 g/mol. The molecule has 0 aliphatic carbocycles. The van der Waals surface area contributed by atoms with Gasteiger partial charge in [0.05, 0.1) is 22.4 Å². The second kappa shape index (κ2) is 19.0. The second-order valence-electron chi connectivity index (χ2n) is 22.3. The van der Waals surface area contributed by atoms with Crippen LogP contribution in [0.1, 0.15) is 101 Å². The maximum absolute atomic E-state index is 5.10. The number of fused-ring (bicyclic) bond motifs is 3. The van der Waals surface area contributed by atoms with Crippen molar-refractivity contribution in [3.8, 4) is 62.6 Å². The molecule has 0 saturated heterocycles. The van der Waals surface area contributed by atoms with Crippen molar-refractivity contribution in [3.05, 3.63) is 203 Å². The molecule has 0 aliphatic heterocycles. The Morgan fingerprint density at radius 3 is 0.930 bits per heavy atom. The van der Waals surface area contributed by atoms with E-state index in [0.29, 0.717) is 17.6 Å². The average molecular weight is 931 g/mol. The molecule has 0 radical (unpaired) electrons. The van der Waals surface area contributed by atoms with Crippen molar-refractivity contribution in [2.24, 2.45) is 0 Å². The van der Waals surface area contributed by atoms with Gasteiger partial charge in [-0.2, -0.15) is 9.97 Å². The molecular formula is C65H66N6. The molecule has 10 aromatic rings. The Bertz CT molecular complexity index is 3310. The largest absolute Gasteiger partial charge is 0.278 e. The quantitative estimate of drug-likeness (QED) is 0.166. The van der Waals surface area contributed by atoms with Crippen molar-refractivity contribution < 1.29 is 0 Å². The van der Waals surface area contributed by atoms with Gasteiger partial charge in [-0.05, 0) is 91.0 Å². The van der Waals surface area contributed by atoms with E-state index in [1.807, 2.05) is 0 Å². The van der Waals surface area contributed by atoms with Gasteiger partial charge < -0.3 is 0 Å². The van der Waals surface area contributed by atoms with Crippen molar-refractivity contribution >= 4 is 21.8 Å². The van der Waals surface area contributed by atoms with E-state index in [1.165, 1.54) is 49.7 Å². The van der Waals surface area contributed by atoms with Gasteiger partial charge in [-0.15, -0.1) is 0 Å². The normalized spacial score (nSPS) is 12.0. The fourth-order valence-electron chi connectivity index (χ4n) is 8.74. The molecule has 10 rings (SSSR count). The first-order chi connectivity index (χ1) is 33.7. The zero-order valence-corrected chi connectivity index (χ0v) is 43.8. The van der Waals surface area contributed by atoms with Gasteiger partial charge in [0.25, 0.3) is 0 Å². The highest BCUT2D eigenvalue weighted by atomic mass is 15.2. The lowest BCUT2D eigenvalue weighted by atomic mass is 9.85. The van der Waals surface area contributed by atoms with Crippen LogP contribution in [0, 0.1) is 27.7 Å². The highest BCUT2D eigenvalue weighted by molar-refractivity contribution is 6.09. The molecule has 3 aromatic heterocycles. The third-order valence-electron chi connectivity index (χ3n) is 13.4. The summed E-state index contributed by atoms with van der Waals surface area (Å²) in [7, 11) is 0. The summed E-state index contributed by atoms with van der Waals surface area (Å²) >= 11 is 0. The number of nitrogens with zero attached hydrogens (tertiary/aromatic N) is 6. The van der Waals surface area contributed by atoms with Gasteiger partial charge >= 0.3 is 0 Å². The van der Waals surface area contributed by atoms with Gasteiger partial charge in [0.1, 0.15) is 0 Å². The number of aromatic nitrogens is 6. The molecule has 0 saturated carbocycles. The van der Waals surface area contributed by atoms with Crippen LogP contribution in [0.5, 0.6) is 0 Å². The molecule has 71 heavy (non-hydrogen) atoms. The first kappa shape index (κ1) is 48.5. The number of rotatable bonds is 6. The van der Waals surface area contributed by atoms with Gasteiger partial charge in [0.2, 0.25) is 5.95 Å². The first-order valence-corrected chi connectivity index (χ1v) is 24.8. The molecule has 0 atom stereocenters. The Hall–Kier alpha value is -7.57. The van der Waals surface area contributed by atoms with Crippen molar-refractivity contribution in [2.75, 3.05) is 0 Å². The summed E-state index contributed by atoms with van der Waals surface area (Å²) in [6.07, 6.45) is 0. The van der Waals surface area contributed by atoms with Gasteiger partial charge in [-0.1, -0.05) is 218 Å². The fourth-order valence-corrected chi connectivity index (χ4v) is 8.74. The Kier molecular flexibility index (Phi) is 12.9. The molecular weight excluding hydrogens is 865 g/mol. The summed E-state index contributed by atoms with van der Waals surface area (Å²) in [6.45, 7) is 28.7. The Labute approximate surface area is 421 Å². The minimum atomic E-state index is 0.0363. The Morgan fingerprint density at radius 1 is 0.296 bits per heavy atom. The van der Waals surface area contributed by atoms with Crippen LogP contribution in [-0.4, -0.2) is 29.5 Å². The minimum absolute atomic E-state index is 0.0363. The zero-order chi connectivity index (χ0) is 50.4. The van der Waals surface area contributed by atoms with Crippen LogP contribution in [-0.2, 0) is 16.2 Å². The lowest BCUT2D eigenvalue weighted by molar-refractivity contribution is 0.590. The number of hydrogen-bond donors (Lipinski definition) is 0. The maximum atomic E-state index is 5.10. The summed E-state index contributed by atoms with van der Waals surface area (Å²) in [4.78, 5) is 25.0. The highest BCUT2D eigenvalue weighted by Gasteiger charge is 2.23. The van der Waals surface area contributed by atoms with E-state index in [1.54, 1.807) is 0 Å². The van der Waals surface area contributed by atoms with E-state index >= 15 is 0 Å². The summed E-state index contributed by atoms with van der Waals surface area (Å²) < 4.78 is 2.21. The van der Waals surface area contributed by atoms with Crippen molar-refractivity contribution in [1.82, 2.24) is 29.5 Å². The molecule has 6 nitrogen and oxygen atoms in total. The van der Waals surface area contributed by atoms with E-state index < -0.39 is 0 Å². The van der Waals surface area contributed by atoms with E-state index in [-0.39, 0.29) is 16.2 Å². The van der Waals surface area contributed by atoms with Crippen LogP contribution >= 0.6 is 0 Å². The lowest BCUT2D eigenvalue weighted by Gasteiger charge is -2.19. The standard InChI is InChI=1S/C37H38N4.C28H28N2/c1-23-9-13-25(14-10-23)33-38-34(26-15-11-24(2)12-16-26)40-35(39-33)41-31-19-17-27(36(3,4)5)21-29(31)30-22-28(37(6,7)8)18-20-32(30)41;1-19-6-10-21(11-7-19)25-18-26(22-12-8-20(2)9-13-22)30-27(29-25)23-14-16-24(17-15-23)28(3,4)5/h9-22H,1-8H3;6-18H,1-5H3. The smallest absolute Gasteiger partial charge is 0.238 e. The van der Waals surface area contributed by atoms with Crippen LogP contribution < -0.4 is 0 Å². The van der Waals surface area contributed by atoms with Gasteiger partial charge in [-0.3, -0.25) is 4.57 Å². The molecule has 356 valence electrons. The Morgan fingerprint density at radius 2 is 0.592 bits per heavy atom. The van der Waals surface area contributed by atoms with Crippen LogP contribution in [0.25, 0.3) is 84.4 Å². The summed E-state index contributed by atoms with van der Waals surface area (Å²) in [5.41, 5.74) is 18.2. The first-order valence-electron chi connectivity index (χ1n) is 24.8. The van der Waals surface area contributed by atoms with Crippen LogP contribution in [0.2, 0.25) is 0 Å². The van der Waals surface area contributed by atoms with E-state index in [4.69, 9.17) is 24.9 Å². The van der Waals surface area contributed by atoms with E-state index in [2.05, 4.69) is 258 Å². The predicted molar refractivity (Wildman–Crippen MR) is 298 cm³/mol. The summed E-state index contributed by atoms with van der Waals surface area (Å²) in [6, 6.07) is 58.1. The topological polar surface area (TPSA) is 69.4 Å². The number of hydrogen-bond acceptors (Lipinski definition) is 5. The molecule has 0 N–H and O–H groups in total. The molecule has 0 bridgehead atoms. The van der Waals surface area contributed by atoms with Crippen molar-refractivity contribution in [2.45, 2.75) is 106 Å². The SMILES string of the molecule is Cc1ccc(-c2cc(-c3ccc(C)cc3)nc(-c3ccc(C(C)(C)C)cc3)n2)cc1.Cc1ccc(-c2nc(-c3ccc(C)cc3)nc(-n3c4ccc(C(C)(C)C)cc4c4cc(C(C)(C)C)ccc43)n2)cc1. The van der Waals surface area contributed by atoms with Gasteiger partial charge in [0.15, 0.2) is 17.5 Å². The molecule has 3 heterocycles. The fraction of sp³-hybridized carbons (Fsp3) is 0.246. The predicted octanol–water partition coefficient (Wildman–Crippen LogP) is 16.9. The van der Waals surface area contributed by atoms with Crippen molar-refractivity contribution in [3.63, 3.8) is 0 Å². The third kappa shape index (κ3) is 10.6. The summed E-state index contributed by atoms with van der Waals surface area (Å²) in [5, 5.41) is 2.43. The molecule has 0 fully saturated rings. The molecule has 7 aromatic carbocycles. The second-order valence-corrected chi connectivity index (χ2v) is 22.3. The summed E-state index contributed by atoms with van der Waals surface area (Å²) in [5.74, 6) is 2.71. The molecule has 0 spiro atoms. The zero-order valence-electron chi connectivity index (χ0n) is 43.8. The highest BCUT2D eigenvalue weighted by Crippen LogP contribution is 2.38. The van der Waals surface area contributed by atoms with E-state index in [9.17, 15) is 0 Å². The van der Waals surface area contributed by atoms with Crippen molar-refractivity contribution in [1.29, 1.82) is 0 Å². The van der Waals surface area contributed by atoms with Gasteiger partial charge in [0, 0.05) is 38.6 Å². The average Bonchev–Trinajstić information content (AvgIpc) is 3.67. The molecule has 0 unspecified atom stereocenters. The minimum Gasteiger partial charge on any atom is -0.278 e. The van der Waals surface area contributed by atoms with E-state index in [0.717, 1.165) is 56.1 Å². The number of benzene rings is 7. The molecule has 0 aliphatic rings. The van der Waals surface area contributed by atoms with Crippen LogP contribution in [0.15, 0.2) is 164 Å².